The standard InChI is InChI=1S/C13H12BrNS/c1-9-3-4-12(10(2)7-9)16-13-5-6-15-8-11(13)14/h3-8H,1-2H3. The van der Waals surface area contributed by atoms with E-state index in [0.29, 0.717) is 0 Å². The third-order valence-electron chi connectivity index (χ3n) is 2.29. The van der Waals surface area contributed by atoms with Gasteiger partial charge in [-0.3, -0.25) is 4.98 Å². The molecule has 0 aliphatic heterocycles. The smallest absolute Gasteiger partial charge is 0.0498 e. The quantitative estimate of drug-likeness (QED) is 0.802. The highest BCUT2D eigenvalue weighted by Gasteiger charge is 2.04. The van der Waals surface area contributed by atoms with Crippen molar-refractivity contribution >= 4 is 27.7 Å². The first-order chi connectivity index (χ1) is 7.66. The van der Waals surface area contributed by atoms with Gasteiger partial charge in [-0.15, -0.1) is 0 Å². The molecule has 3 heteroatoms. The fourth-order valence-corrected chi connectivity index (χ4v) is 2.84. The molecule has 0 aliphatic rings. The van der Waals surface area contributed by atoms with Gasteiger partial charge >= 0.3 is 0 Å². The maximum atomic E-state index is 4.06. The SMILES string of the molecule is Cc1ccc(Sc2ccncc2Br)c(C)c1. The van der Waals surface area contributed by atoms with Crippen LogP contribution in [0.1, 0.15) is 11.1 Å². The highest BCUT2D eigenvalue weighted by Crippen LogP contribution is 2.34. The first-order valence-corrected chi connectivity index (χ1v) is 6.62. The number of hydrogen-bond acceptors (Lipinski definition) is 2. The molecule has 0 aliphatic carbocycles. The topological polar surface area (TPSA) is 12.9 Å². The number of pyridine rings is 1. The summed E-state index contributed by atoms with van der Waals surface area (Å²) in [5.74, 6) is 0. The van der Waals surface area contributed by atoms with Crippen molar-refractivity contribution in [3.63, 3.8) is 0 Å². The van der Waals surface area contributed by atoms with Crippen LogP contribution in [0.5, 0.6) is 0 Å². The molecule has 0 atom stereocenters. The van der Waals surface area contributed by atoms with E-state index >= 15 is 0 Å². The van der Waals surface area contributed by atoms with E-state index in [1.54, 1.807) is 11.8 Å². The number of rotatable bonds is 2. The second-order valence-electron chi connectivity index (χ2n) is 3.68. The summed E-state index contributed by atoms with van der Waals surface area (Å²) in [6, 6.07) is 8.54. The van der Waals surface area contributed by atoms with Crippen molar-refractivity contribution in [3.05, 3.63) is 52.3 Å². The van der Waals surface area contributed by atoms with Crippen molar-refractivity contribution < 1.29 is 0 Å². The third kappa shape index (κ3) is 2.66. The summed E-state index contributed by atoms with van der Waals surface area (Å²) in [4.78, 5) is 6.55. The van der Waals surface area contributed by atoms with Gasteiger partial charge in [0, 0.05) is 26.7 Å². The first-order valence-electron chi connectivity index (χ1n) is 5.01. The predicted octanol–water partition coefficient (Wildman–Crippen LogP) is 4.61. The van der Waals surface area contributed by atoms with Crippen molar-refractivity contribution in [2.75, 3.05) is 0 Å². The van der Waals surface area contributed by atoms with Crippen LogP contribution in [0.25, 0.3) is 0 Å². The lowest BCUT2D eigenvalue weighted by atomic mass is 10.2. The molecule has 0 radical (unpaired) electrons. The number of nitrogens with zero attached hydrogens (tertiary/aromatic N) is 1. The van der Waals surface area contributed by atoms with Crippen molar-refractivity contribution in [2.24, 2.45) is 0 Å². The molecule has 1 aromatic carbocycles. The Morgan fingerprint density at radius 3 is 2.62 bits per heavy atom. The van der Waals surface area contributed by atoms with Crippen LogP contribution in [0.4, 0.5) is 0 Å². The van der Waals surface area contributed by atoms with Crippen molar-refractivity contribution in [3.8, 4) is 0 Å². The van der Waals surface area contributed by atoms with Gasteiger partial charge in [-0.05, 0) is 47.5 Å². The van der Waals surface area contributed by atoms with E-state index in [4.69, 9.17) is 0 Å². The Morgan fingerprint density at radius 2 is 1.94 bits per heavy atom. The fourth-order valence-electron chi connectivity index (χ4n) is 1.48. The van der Waals surface area contributed by atoms with Crippen LogP contribution in [0.15, 0.2) is 50.9 Å². The number of benzene rings is 1. The Kier molecular flexibility index (Phi) is 3.66. The van der Waals surface area contributed by atoms with E-state index in [9.17, 15) is 0 Å². The van der Waals surface area contributed by atoms with Crippen LogP contribution in [-0.2, 0) is 0 Å². The Bertz CT molecular complexity index is 511. The van der Waals surface area contributed by atoms with Gasteiger partial charge in [0.2, 0.25) is 0 Å². The maximum Gasteiger partial charge on any atom is 0.0498 e. The van der Waals surface area contributed by atoms with E-state index < -0.39 is 0 Å². The summed E-state index contributed by atoms with van der Waals surface area (Å²) in [5.41, 5.74) is 2.62. The van der Waals surface area contributed by atoms with E-state index in [-0.39, 0.29) is 0 Å². The lowest BCUT2D eigenvalue weighted by molar-refractivity contribution is 1.21. The van der Waals surface area contributed by atoms with Gasteiger partial charge < -0.3 is 0 Å². The predicted molar refractivity (Wildman–Crippen MR) is 72.0 cm³/mol. The highest BCUT2D eigenvalue weighted by molar-refractivity contribution is 9.10. The zero-order chi connectivity index (χ0) is 11.5. The summed E-state index contributed by atoms with van der Waals surface area (Å²) in [6.07, 6.45) is 3.64. The van der Waals surface area contributed by atoms with Crippen LogP contribution >= 0.6 is 27.7 Å². The average molecular weight is 294 g/mol. The lowest BCUT2D eigenvalue weighted by Crippen LogP contribution is -1.83. The van der Waals surface area contributed by atoms with Crippen LogP contribution in [0, 0.1) is 13.8 Å². The minimum Gasteiger partial charge on any atom is -0.263 e. The summed E-state index contributed by atoms with van der Waals surface area (Å²) < 4.78 is 1.04. The Hall–Kier alpha value is -0.800. The van der Waals surface area contributed by atoms with Crippen LogP contribution in [0.2, 0.25) is 0 Å². The first kappa shape index (κ1) is 11.7. The molecule has 0 N–H and O–H groups in total. The summed E-state index contributed by atoms with van der Waals surface area (Å²) in [7, 11) is 0. The second kappa shape index (κ2) is 5.02. The molecule has 0 bridgehead atoms. The number of aromatic nitrogens is 1. The Morgan fingerprint density at radius 1 is 1.12 bits per heavy atom. The summed E-state index contributed by atoms with van der Waals surface area (Å²) in [5, 5.41) is 0. The molecule has 1 heterocycles. The molecule has 16 heavy (non-hydrogen) atoms. The molecule has 0 amide bonds. The monoisotopic (exact) mass is 293 g/mol. The fraction of sp³-hybridized carbons (Fsp3) is 0.154. The van der Waals surface area contributed by atoms with Crippen molar-refractivity contribution in [1.82, 2.24) is 4.98 Å². The third-order valence-corrected chi connectivity index (χ3v) is 4.43. The average Bonchev–Trinajstić information content (AvgIpc) is 2.25. The van der Waals surface area contributed by atoms with Gasteiger partial charge in [-0.2, -0.15) is 0 Å². The molecule has 2 rings (SSSR count). The van der Waals surface area contributed by atoms with Gasteiger partial charge in [-0.25, -0.2) is 0 Å². The zero-order valence-corrected chi connectivity index (χ0v) is 11.6. The molecule has 0 fully saturated rings. The van der Waals surface area contributed by atoms with Gasteiger partial charge in [-0.1, -0.05) is 29.5 Å². The van der Waals surface area contributed by atoms with E-state index in [1.165, 1.54) is 20.9 Å². The number of aryl methyl sites for hydroxylation is 2. The molecule has 1 aromatic heterocycles. The molecular formula is C13H12BrNS. The normalized spacial score (nSPS) is 10.4. The number of halogens is 1. The van der Waals surface area contributed by atoms with E-state index in [1.807, 2.05) is 18.5 Å². The van der Waals surface area contributed by atoms with Crippen molar-refractivity contribution in [2.45, 2.75) is 23.6 Å². The van der Waals surface area contributed by atoms with Gasteiger partial charge in [0.05, 0.1) is 0 Å². The zero-order valence-electron chi connectivity index (χ0n) is 9.20. The maximum absolute atomic E-state index is 4.06. The van der Waals surface area contributed by atoms with E-state index in [2.05, 4.69) is 53.0 Å². The molecule has 0 unspecified atom stereocenters. The molecular weight excluding hydrogens is 282 g/mol. The van der Waals surface area contributed by atoms with Crippen LogP contribution in [-0.4, -0.2) is 4.98 Å². The highest BCUT2D eigenvalue weighted by atomic mass is 79.9. The van der Waals surface area contributed by atoms with Gasteiger partial charge in [0.15, 0.2) is 0 Å². The minimum absolute atomic E-state index is 1.04. The molecule has 0 saturated carbocycles. The minimum atomic E-state index is 1.04. The van der Waals surface area contributed by atoms with Crippen LogP contribution < -0.4 is 0 Å². The van der Waals surface area contributed by atoms with Crippen LogP contribution in [0.3, 0.4) is 0 Å². The number of hydrogen-bond donors (Lipinski definition) is 0. The Labute approximate surface area is 108 Å². The molecule has 1 nitrogen and oxygen atoms in total. The molecule has 0 spiro atoms. The Balaban J connectivity index is 2.31. The summed E-state index contributed by atoms with van der Waals surface area (Å²) in [6.45, 7) is 4.26. The molecule has 2 aromatic rings. The largest absolute Gasteiger partial charge is 0.263 e. The van der Waals surface area contributed by atoms with E-state index in [0.717, 1.165) is 4.47 Å². The van der Waals surface area contributed by atoms with Gasteiger partial charge in [0.25, 0.3) is 0 Å². The molecule has 0 saturated heterocycles. The lowest BCUT2D eigenvalue weighted by Gasteiger charge is -2.07. The second-order valence-corrected chi connectivity index (χ2v) is 5.62. The molecule has 82 valence electrons. The van der Waals surface area contributed by atoms with Crippen molar-refractivity contribution in [1.29, 1.82) is 0 Å². The van der Waals surface area contributed by atoms with Gasteiger partial charge in [0.1, 0.15) is 0 Å². The summed E-state index contributed by atoms with van der Waals surface area (Å²) >= 11 is 5.27.